The summed E-state index contributed by atoms with van der Waals surface area (Å²) in [6.45, 7) is 9.23. The fourth-order valence-electron chi connectivity index (χ4n) is 1.16. The van der Waals surface area contributed by atoms with E-state index in [1.165, 1.54) is 6.20 Å². The Labute approximate surface area is 103 Å². The molecule has 0 aliphatic rings. The third-order valence-corrected chi connectivity index (χ3v) is 2.78. The summed E-state index contributed by atoms with van der Waals surface area (Å²) in [4.78, 5) is 11.4. The fraction of sp³-hybridized carbons (Fsp3) is 0.500. The molecule has 0 radical (unpaired) electrons. The highest BCUT2D eigenvalue weighted by Crippen LogP contribution is 2.01. The molecule has 0 aromatic carbocycles. The van der Waals surface area contributed by atoms with Gasteiger partial charge in [-0.25, -0.2) is 4.79 Å². The molecule has 0 amide bonds. The van der Waals surface area contributed by atoms with Crippen molar-refractivity contribution < 1.29 is 9.53 Å². The van der Waals surface area contributed by atoms with E-state index in [2.05, 4.69) is 36.2 Å². The zero-order valence-corrected chi connectivity index (χ0v) is 11.8. The molecule has 4 nitrogen and oxygen atoms in total. The van der Waals surface area contributed by atoms with Gasteiger partial charge in [0.25, 0.3) is 0 Å². The van der Waals surface area contributed by atoms with Gasteiger partial charge in [-0.3, -0.25) is 4.68 Å². The van der Waals surface area contributed by atoms with Crippen LogP contribution in [0.2, 0.25) is 19.6 Å². The lowest BCUT2D eigenvalue weighted by molar-refractivity contribution is 0.0526. The molecule has 0 N–H and O–H groups in total. The van der Waals surface area contributed by atoms with Crippen LogP contribution in [0.15, 0.2) is 12.4 Å². The summed E-state index contributed by atoms with van der Waals surface area (Å²) in [5.74, 6) is 2.75. The first-order valence-corrected chi connectivity index (χ1v) is 9.12. The Balaban J connectivity index is 2.62. The second kappa shape index (κ2) is 5.69. The summed E-state index contributed by atoms with van der Waals surface area (Å²) in [6.07, 6.45) is 3.17. The molecule has 1 heterocycles. The van der Waals surface area contributed by atoms with Crippen LogP contribution in [-0.2, 0) is 11.3 Å². The number of carbonyl (C=O) groups is 1. The van der Waals surface area contributed by atoms with E-state index >= 15 is 0 Å². The van der Waals surface area contributed by atoms with Crippen molar-refractivity contribution >= 4 is 14.0 Å². The quantitative estimate of drug-likeness (QED) is 0.468. The lowest BCUT2D eigenvalue weighted by atomic mass is 10.4. The van der Waals surface area contributed by atoms with Gasteiger partial charge in [-0.05, 0) is 6.92 Å². The van der Waals surface area contributed by atoms with Gasteiger partial charge in [-0.15, -0.1) is 5.54 Å². The van der Waals surface area contributed by atoms with Crippen molar-refractivity contribution in [2.45, 2.75) is 33.1 Å². The maximum Gasteiger partial charge on any atom is 0.341 e. The predicted octanol–water partition coefficient (Wildman–Crippen LogP) is 1.94. The molecule has 0 fully saturated rings. The normalized spacial score (nSPS) is 10.6. The number of hydrogen-bond donors (Lipinski definition) is 0. The third-order valence-electron chi connectivity index (χ3n) is 1.85. The third kappa shape index (κ3) is 4.87. The Morgan fingerprint density at radius 1 is 1.53 bits per heavy atom. The lowest BCUT2D eigenvalue weighted by Gasteiger charge is -2.03. The number of esters is 1. The molecule has 0 saturated heterocycles. The molecule has 17 heavy (non-hydrogen) atoms. The Kier molecular flexibility index (Phi) is 4.52. The minimum atomic E-state index is -1.33. The van der Waals surface area contributed by atoms with Gasteiger partial charge in [0.2, 0.25) is 0 Å². The minimum absolute atomic E-state index is 0.336. The number of carbonyl (C=O) groups excluding carboxylic acids is 1. The topological polar surface area (TPSA) is 44.1 Å². The van der Waals surface area contributed by atoms with Crippen molar-refractivity contribution in [3.63, 3.8) is 0 Å². The first-order chi connectivity index (χ1) is 7.92. The highest BCUT2D eigenvalue weighted by molar-refractivity contribution is 6.83. The highest BCUT2D eigenvalue weighted by Gasteiger charge is 2.09. The molecule has 0 atom stereocenters. The average molecular weight is 250 g/mol. The summed E-state index contributed by atoms with van der Waals surface area (Å²) in [6, 6.07) is 0. The van der Waals surface area contributed by atoms with Crippen LogP contribution in [-0.4, -0.2) is 30.4 Å². The molecule has 1 rings (SSSR count). The van der Waals surface area contributed by atoms with Gasteiger partial charge in [0.1, 0.15) is 14.6 Å². The molecular formula is C12H18N2O2Si. The second-order valence-corrected chi connectivity index (χ2v) is 9.45. The number of aromatic nitrogens is 2. The van der Waals surface area contributed by atoms with E-state index < -0.39 is 8.07 Å². The summed E-state index contributed by atoms with van der Waals surface area (Å²) in [5.41, 5.74) is 3.72. The number of hydrogen-bond acceptors (Lipinski definition) is 3. The molecule has 5 heteroatoms. The maximum atomic E-state index is 11.4. The molecule has 0 saturated carbocycles. The molecule has 0 bridgehead atoms. The van der Waals surface area contributed by atoms with Crippen molar-refractivity contribution in [1.29, 1.82) is 0 Å². The summed E-state index contributed by atoms with van der Waals surface area (Å²) >= 11 is 0. The summed E-state index contributed by atoms with van der Waals surface area (Å²) in [5, 5.41) is 4.07. The lowest BCUT2D eigenvalue weighted by Crippen LogP contribution is -2.16. The van der Waals surface area contributed by atoms with Crippen molar-refractivity contribution in [3.05, 3.63) is 18.0 Å². The van der Waals surface area contributed by atoms with Gasteiger partial charge < -0.3 is 4.74 Å². The highest BCUT2D eigenvalue weighted by atomic mass is 28.3. The molecule has 0 aliphatic heterocycles. The van der Waals surface area contributed by atoms with E-state index in [1.54, 1.807) is 17.8 Å². The Bertz CT molecular complexity index is 449. The van der Waals surface area contributed by atoms with Crippen molar-refractivity contribution in [3.8, 4) is 11.5 Å². The molecule has 0 unspecified atom stereocenters. The summed E-state index contributed by atoms with van der Waals surface area (Å²) in [7, 11) is -1.33. The van der Waals surface area contributed by atoms with Crippen molar-refractivity contribution in [2.24, 2.45) is 0 Å². The van der Waals surface area contributed by atoms with Crippen LogP contribution in [0.1, 0.15) is 17.3 Å². The Hall–Kier alpha value is -1.54. The van der Waals surface area contributed by atoms with Crippen LogP contribution in [0.25, 0.3) is 0 Å². The minimum Gasteiger partial charge on any atom is -0.462 e. The van der Waals surface area contributed by atoms with E-state index in [0.717, 1.165) is 0 Å². The fourth-order valence-corrected chi connectivity index (χ4v) is 1.76. The second-order valence-electron chi connectivity index (χ2n) is 4.70. The zero-order chi connectivity index (χ0) is 12.9. The van der Waals surface area contributed by atoms with E-state index in [-0.39, 0.29) is 5.97 Å². The monoisotopic (exact) mass is 250 g/mol. The largest absolute Gasteiger partial charge is 0.462 e. The first-order valence-electron chi connectivity index (χ1n) is 5.62. The SMILES string of the molecule is CCOC(=O)c1cnn(CC#C[Si](C)(C)C)c1. The van der Waals surface area contributed by atoms with E-state index in [9.17, 15) is 4.79 Å². The van der Waals surface area contributed by atoms with Crippen molar-refractivity contribution in [1.82, 2.24) is 9.78 Å². The molecule has 92 valence electrons. The smallest absolute Gasteiger partial charge is 0.341 e. The first kappa shape index (κ1) is 13.5. The zero-order valence-electron chi connectivity index (χ0n) is 10.8. The van der Waals surface area contributed by atoms with E-state index in [1.807, 2.05) is 0 Å². The van der Waals surface area contributed by atoms with Gasteiger partial charge in [0.05, 0.1) is 18.4 Å². The molecular weight excluding hydrogens is 232 g/mol. The maximum absolute atomic E-state index is 11.4. The average Bonchev–Trinajstić information content (AvgIpc) is 2.65. The Morgan fingerprint density at radius 2 is 2.24 bits per heavy atom. The van der Waals surface area contributed by atoms with Crippen LogP contribution in [0.5, 0.6) is 0 Å². The van der Waals surface area contributed by atoms with Crippen LogP contribution < -0.4 is 0 Å². The van der Waals surface area contributed by atoms with E-state index in [4.69, 9.17) is 4.74 Å². The molecule has 0 aliphatic carbocycles. The van der Waals surface area contributed by atoms with Crippen LogP contribution >= 0.6 is 0 Å². The van der Waals surface area contributed by atoms with Crippen LogP contribution in [0, 0.1) is 11.5 Å². The van der Waals surface area contributed by atoms with Crippen LogP contribution in [0.3, 0.4) is 0 Å². The Morgan fingerprint density at radius 3 is 2.82 bits per heavy atom. The van der Waals surface area contributed by atoms with Gasteiger partial charge in [-0.1, -0.05) is 25.6 Å². The van der Waals surface area contributed by atoms with Gasteiger partial charge in [0.15, 0.2) is 0 Å². The standard InChI is InChI=1S/C12H18N2O2Si/c1-5-16-12(15)11-9-13-14(10-11)7-6-8-17(2,3)4/h9-10H,5,7H2,1-4H3. The number of rotatable bonds is 3. The van der Waals surface area contributed by atoms with Gasteiger partial charge >= 0.3 is 5.97 Å². The van der Waals surface area contributed by atoms with Gasteiger partial charge in [-0.2, -0.15) is 5.10 Å². The number of ether oxygens (including phenoxy) is 1. The van der Waals surface area contributed by atoms with E-state index in [0.29, 0.717) is 18.7 Å². The predicted molar refractivity (Wildman–Crippen MR) is 69.3 cm³/mol. The number of nitrogens with zero attached hydrogens (tertiary/aromatic N) is 2. The molecule has 1 aromatic heterocycles. The summed E-state index contributed by atoms with van der Waals surface area (Å²) < 4.78 is 6.53. The van der Waals surface area contributed by atoms with Crippen molar-refractivity contribution in [2.75, 3.05) is 6.61 Å². The molecule has 1 aromatic rings. The van der Waals surface area contributed by atoms with Crippen LogP contribution in [0.4, 0.5) is 0 Å². The van der Waals surface area contributed by atoms with Gasteiger partial charge in [0, 0.05) is 6.20 Å². The molecule has 0 spiro atoms.